The highest BCUT2D eigenvalue weighted by atomic mass is 16.5. The number of rotatable bonds is 4. The van der Waals surface area contributed by atoms with Crippen molar-refractivity contribution in [2.45, 2.75) is 32.1 Å². The number of benzene rings is 1. The second kappa shape index (κ2) is 6.10. The molecule has 1 heterocycles. The minimum absolute atomic E-state index is 0.609. The fraction of sp³-hybridized carbons (Fsp3) is 0.600. The van der Waals surface area contributed by atoms with Gasteiger partial charge in [0.15, 0.2) is 0 Å². The van der Waals surface area contributed by atoms with Crippen molar-refractivity contribution in [2.24, 2.45) is 0 Å². The molecule has 18 heavy (non-hydrogen) atoms. The predicted octanol–water partition coefficient (Wildman–Crippen LogP) is 2.73. The van der Waals surface area contributed by atoms with Crippen LogP contribution in [0.2, 0.25) is 0 Å². The molecule has 1 N–H and O–H groups in total. The van der Waals surface area contributed by atoms with E-state index in [1.54, 1.807) is 14.2 Å². The SMILES string of the molecule is CCc1c(OC)ccc(C2CCNCC2)c1OC. The molecule has 1 aliphatic heterocycles. The van der Waals surface area contributed by atoms with E-state index in [9.17, 15) is 0 Å². The molecule has 3 nitrogen and oxygen atoms in total. The third-order valence-corrected chi connectivity index (χ3v) is 3.80. The molecule has 1 fully saturated rings. The van der Waals surface area contributed by atoms with Gasteiger partial charge in [0.25, 0.3) is 0 Å². The molecule has 0 radical (unpaired) electrons. The second-order valence-electron chi connectivity index (χ2n) is 4.75. The van der Waals surface area contributed by atoms with Crippen LogP contribution in [0.15, 0.2) is 12.1 Å². The average molecular weight is 249 g/mol. The zero-order chi connectivity index (χ0) is 13.0. The van der Waals surface area contributed by atoms with E-state index in [0.29, 0.717) is 5.92 Å². The molecule has 0 spiro atoms. The maximum absolute atomic E-state index is 5.66. The molecule has 0 saturated carbocycles. The molecule has 0 unspecified atom stereocenters. The Kier molecular flexibility index (Phi) is 4.48. The van der Waals surface area contributed by atoms with Crippen molar-refractivity contribution in [3.63, 3.8) is 0 Å². The summed E-state index contributed by atoms with van der Waals surface area (Å²) in [6, 6.07) is 4.26. The van der Waals surface area contributed by atoms with Gasteiger partial charge >= 0.3 is 0 Å². The topological polar surface area (TPSA) is 30.5 Å². The zero-order valence-corrected chi connectivity index (χ0v) is 11.6. The lowest BCUT2D eigenvalue weighted by molar-refractivity contribution is 0.372. The molecule has 1 aromatic carbocycles. The van der Waals surface area contributed by atoms with Crippen LogP contribution in [0, 0.1) is 0 Å². The number of ether oxygens (including phenoxy) is 2. The summed E-state index contributed by atoms with van der Waals surface area (Å²) in [5.41, 5.74) is 2.53. The molecule has 100 valence electrons. The Morgan fingerprint density at radius 3 is 2.44 bits per heavy atom. The molecule has 2 rings (SSSR count). The van der Waals surface area contributed by atoms with Crippen LogP contribution < -0.4 is 14.8 Å². The van der Waals surface area contributed by atoms with Gasteiger partial charge in [0.05, 0.1) is 14.2 Å². The first-order chi connectivity index (χ1) is 8.81. The Hall–Kier alpha value is -1.22. The van der Waals surface area contributed by atoms with Gasteiger partial charge in [0.2, 0.25) is 0 Å². The fourth-order valence-electron chi connectivity index (χ4n) is 2.85. The van der Waals surface area contributed by atoms with Crippen LogP contribution in [-0.4, -0.2) is 27.3 Å². The lowest BCUT2D eigenvalue weighted by Crippen LogP contribution is -2.27. The summed E-state index contributed by atoms with van der Waals surface area (Å²) in [7, 11) is 3.48. The Labute approximate surface area is 109 Å². The summed E-state index contributed by atoms with van der Waals surface area (Å²) in [6.07, 6.45) is 3.31. The van der Waals surface area contributed by atoms with E-state index in [2.05, 4.69) is 24.4 Å². The Morgan fingerprint density at radius 2 is 1.89 bits per heavy atom. The first-order valence-electron chi connectivity index (χ1n) is 6.76. The summed E-state index contributed by atoms with van der Waals surface area (Å²) in [4.78, 5) is 0. The lowest BCUT2D eigenvalue weighted by atomic mass is 9.88. The number of hydrogen-bond acceptors (Lipinski definition) is 3. The van der Waals surface area contributed by atoms with Crippen LogP contribution in [0.4, 0.5) is 0 Å². The average Bonchev–Trinajstić information content (AvgIpc) is 2.46. The van der Waals surface area contributed by atoms with E-state index < -0.39 is 0 Å². The monoisotopic (exact) mass is 249 g/mol. The van der Waals surface area contributed by atoms with E-state index in [1.165, 1.54) is 24.0 Å². The Balaban J connectivity index is 2.40. The quantitative estimate of drug-likeness (QED) is 0.890. The van der Waals surface area contributed by atoms with Gasteiger partial charge in [-0.2, -0.15) is 0 Å². The van der Waals surface area contributed by atoms with Gasteiger partial charge in [-0.15, -0.1) is 0 Å². The van der Waals surface area contributed by atoms with Crippen molar-refractivity contribution >= 4 is 0 Å². The predicted molar refractivity (Wildman–Crippen MR) is 73.8 cm³/mol. The van der Waals surface area contributed by atoms with Crippen LogP contribution in [-0.2, 0) is 6.42 Å². The van der Waals surface area contributed by atoms with Crippen LogP contribution in [0.1, 0.15) is 36.8 Å². The molecule has 0 aromatic heterocycles. The molecular formula is C15H23NO2. The van der Waals surface area contributed by atoms with Gasteiger partial charge in [-0.05, 0) is 49.9 Å². The van der Waals surface area contributed by atoms with Gasteiger partial charge in [-0.3, -0.25) is 0 Å². The van der Waals surface area contributed by atoms with E-state index >= 15 is 0 Å². The molecule has 0 amide bonds. The first kappa shape index (κ1) is 13.2. The van der Waals surface area contributed by atoms with E-state index in [1.807, 2.05) is 0 Å². The smallest absolute Gasteiger partial charge is 0.129 e. The summed E-state index contributed by atoms with van der Waals surface area (Å²) < 4.78 is 11.1. The second-order valence-corrected chi connectivity index (χ2v) is 4.75. The highest BCUT2D eigenvalue weighted by Crippen LogP contribution is 2.39. The lowest BCUT2D eigenvalue weighted by Gasteiger charge is -2.26. The third kappa shape index (κ3) is 2.46. The largest absolute Gasteiger partial charge is 0.496 e. The standard InChI is InChI=1S/C15H23NO2/c1-4-12-14(17-2)6-5-13(15(12)18-3)11-7-9-16-10-8-11/h5-6,11,16H,4,7-10H2,1-3H3. The molecule has 1 saturated heterocycles. The maximum Gasteiger partial charge on any atom is 0.129 e. The molecular weight excluding hydrogens is 226 g/mol. The minimum atomic E-state index is 0.609. The molecule has 1 aliphatic rings. The molecule has 0 aliphatic carbocycles. The van der Waals surface area contributed by atoms with Gasteiger partial charge in [-0.25, -0.2) is 0 Å². The highest BCUT2D eigenvalue weighted by molar-refractivity contribution is 5.51. The zero-order valence-electron chi connectivity index (χ0n) is 11.6. The molecule has 1 aromatic rings. The van der Waals surface area contributed by atoms with Crippen LogP contribution >= 0.6 is 0 Å². The highest BCUT2D eigenvalue weighted by Gasteiger charge is 2.22. The van der Waals surface area contributed by atoms with E-state index in [-0.39, 0.29) is 0 Å². The van der Waals surface area contributed by atoms with Crippen LogP contribution in [0.25, 0.3) is 0 Å². The van der Waals surface area contributed by atoms with E-state index in [0.717, 1.165) is 31.0 Å². The van der Waals surface area contributed by atoms with Gasteiger partial charge in [-0.1, -0.05) is 13.0 Å². The van der Waals surface area contributed by atoms with Crippen molar-refractivity contribution in [3.8, 4) is 11.5 Å². The van der Waals surface area contributed by atoms with E-state index in [4.69, 9.17) is 9.47 Å². The third-order valence-electron chi connectivity index (χ3n) is 3.80. The van der Waals surface area contributed by atoms with Crippen molar-refractivity contribution in [3.05, 3.63) is 23.3 Å². The fourth-order valence-corrected chi connectivity index (χ4v) is 2.85. The van der Waals surface area contributed by atoms with Crippen LogP contribution in [0.5, 0.6) is 11.5 Å². The van der Waals surface area contributed by atoms with Crippen molar-refractivity contribution in [1.82, 2.24) is 5.32 Å². The Bertz CT molecular complexity index is 398. The Morgan fingerprint density at radius 1 is 1.17 bits per heavy atom. The summed E-state index contributed by atoms with van der Waals surface area (Å²) in [5, 5.41) is 3.41. The van der Waals surface area contributed by atoms with Crippen LogP contribution in [0.3, 0.4) is 0 Å². The molecule has 0 atom stereocenters. The number of methoxy groups -OCH3 is 2. The number of nitrogens with one attached hydrogen (secondary N) is 1. The normalized spacial score (nSPS) is 16.6. The molecule has 0 bridgehead atoms. The van der Waals surface area contributed by atoms with Crippen molar-refractivity contribution < 1.29 is 9.47 Å². The summed E-state index contributed by atoms with van der Waals surface area (Å²) in [6.45, 7) is 4.34. The first-order valence-corrected chi connectivity index (χ1v) is 6.76. The number of piperidine rings is 1. The number of hydrogen-bond donors (Lipinski definition) is 1. The van der Waals surface area contributed by atoms with Crippen molar-refractivity contribution in [2.75, 3.05) is 27.3 Å². The summed E-state index contributed by atoms with van der Waals surface area (Å²) >= 11 is 0. The maximum atomic E-state index is 5.66. The summed E-state index contributed by atoms with van der Waals surface area (Å²) in [5.74, 6) is 2.58. The van der Waals surface area contributed by atoms with Gasteiger partial charge in [0.1, 0.15) is 11.5 Å². The van der Waals surface area contributed by atoms with Gasteiger partial charge < -0.3 is 14.8 Å². The minimum Gasteiger partial charge on any atom is -0.496 e. The molecule has 3 heteroatoms. The van der Waals surface area contributed by atoms with Gasteiger partial charge in [0, 0.05) is 5.56 Å². The van der Waals surface area contributed by atoms with Crippen molar-refractivity contribution in [1.29, 1.82) is 0 Å².